The van der Waals surface area contributed by atoms with E-state index in [1.807, 2.05) is 0 Å². The van der Waals surface area contributed by atoms with Gasteiger partial charge in [0.05, 0.1) is 0 Å². The van der Waals surface area contributed by atoms with Crippen molar-refractivity contribution in [1.29, 1.82) is 0 Å². The first-order chi connectivity index (χ1) is 9.31. The molecule has 0 spiro atoms. The van der Waals surface area contributed by atoms with Crippen molar-refractivity contribution >= 4 is 0 Å². The summed E-state index contributed by atoms with van der Waals surface area (Å²) < 4.78 is 5.48. The van der Waals surface area contributed by atoms with E-state index in [1.165, 1.54) is 36.8 Å². The van der Waals surface area contributed by atoms with Gasteiger partial charge in [-0.15, -0.1) is 0 Å². The molecule has 1 heterocycles. The second-order valence-electron chi connectivity index (χ2n) is 5.58. The van der Waals surface area contributed by atoms with Gasteiger partial charge in [-0.1, -0.05) is 31.2 Å². The zero-order chi connectivity index (χ0) is 13.5. The lowest BCUT2D eigenvalue weighted by Crippen LogP contribution is -2.39. The fourth-order valence-corrected chi connectivity index (χ4v) is 3.09. The lowest BCUT2D eigenvalue weighted by Gasteiger charge is -2.31. The maximum atomic E-state index is 5.48. The zero-order valence-corrected chi connectivity index (χ0v) is 12.3. The minimum atomic E-state index is 0.647. The van der Waals surface area contributed by atoms with Gasteiger partial charge in [-0.3, -0.25) is 0 Å². The number of ether oxygens (including phenoxy) is 1. The van der Waals surface area contributed by atoms with E-state index in [1.54, 1.807) is 0 Å². The maximum Gasteiger partial charge on any atom is 0.0469 e. The molecule has 1 N–H and O–H groups in total. The van der Waals surface area contributed by atoms with Crippen LogP contribution in [0.25, 0.3) is 0 Å². The number of benzene rings is 1. The molecule has 0 amide bonds. The average Bonchev–Trinajstić information content (AvgIpc) is 2.46. The molecule has 1 unspecified atom stereocenters. The first-order valence-electron chi connectivity index (χ1n) is 7.67. The van der Waals surface area contributed by atoms with Crippen LogP contribution in [-0.4, -0.2) is 25.8 Å². The van der Waals surface area contributed by atoms with Gasteiger partial charge in [0.15, 0.2) is 0 Å². The molecule has 0 aliphatic carbocycles. The van der Waals surface area contributed by atoms with E-state index in [0.29, 0.717) is 6.04 Å². The van der Waals surface area contributed by atoms with E-state index < -0.39 is 0 Å². The first-order valence-corrected chi connectivity index (χ1v) is 7.67. The SMILES string of the molecule is CCNC(CCc1ccccc1C)C1CCOCC1. The Morgan fingerprint density at radius 3 is 2.68 bits per heavy atom. The van der Waals surface area contributed by atoms with Gasteiger partial charge in [0.2, 0.25) is 0 Å². The van der Waals surface area contributed by atoms with Gasteiger partial charge >= 0.3 is 0 Å². The molecule has 1 aromatic carbocycles. The Labute approximate surface area is 117 Å². The number of hydrogen-bond donors (Lipinski definition) is 1. The van der Waals surface area contributed by atoms with Gasteiger partial charge in [-0.25, -0.2) is 0 Å². The van der Waals surface area contributed by atoms with Crippen LogP contribution < -0.4 is 5.32 Å². The molecule has 2 heteroatoms. The lowest BCUT2D eigenvalue weighted by atomic mass is 9.87. The van der Waals surface area contributed by atoms with Crippen LogP contribution in [0.1, 0.15) is 37.3 Å². The Bertz CT molecular complexity index is 371. The largest absolute Gasteiger partial charge is 0.381 e. The van der Waals surface area contributed by atoms with Crippen molar-refractivity contribution in [2.24, 2.45) is 5.92 Å². The van der Waals surface area contributed by atoms with Crippen LogP contribution in [0.5, 0.6) is 0 Å². The fraction of sp³-hybridized carbons (Fsp3) is 0.647. The van der Waals surface area contributed by atoms with Crippen LogP contribution in [0.4, 0.5) is 0 Å². The quantitative estimate of drug-likeness (QED) is 0.848. The molecule has 1 atom stereocenters. The van der Waals surface area contributed by atoms with Crippen molar-refractivity contribution in [3.05, 3.63) is 35.4 Å². The van der Waals surface area contributed by atoms with E-state index in [9.17, 15) is 0 Å². The van der Waals surface area contributed by atoms with E-state index >= 15 is 0 Å². The molecule has 1 fully saturated rings. The molecule has 19 heavy (non-hydrogen) atoms. The van der Waals surface area contributed by atoms with Gasteiger partial charge in [-0.2, -0.15) is 0 Å². The number of nitrogens with one attached hydrogen (secondary N) is 1. The van der Waals surface area contributed by atoms with Crippen molar-refractivity contribution < 1.29 is 4.74 Å². The third kappa shape index (κ3) is 4.32. The van der Waals surface area contributed by atoms with Crippen LogP contribution in [0.2, 0.25) is 0 Å². The highest BCUT2D eigenvalue weighted by Gasteiger charge is 2.23. The van der Waals surface area contributed by atoms with Crippen molar-refractivity contribution in [2.75, 3.05) is 19.8 Å². The third-order valence-electron chi connectivity index (χ3n) is 4.29. The van der Waals surface area contributed by atoms with Gasteiger partial charge in [0.25, 0.3) is 0 Å². The van der Waals surface area contributed by atoms with Gasteiger partial charge in [0.1, 0.15) is 0 Å². The number of aryl methyl sites for hydroxylation is 2. The van der Waals surface area contributed by atoms with Crippen molar-refractivity contribution in [2.45, 2.75) is 45.6 Å². The Morgan fingerprint density at radius 1 is 1.26 bits per heavy atom. The minimum Gasteiger partial charge on any atom is -0.381 e. The predicted octanol–water partition coefficient (Wildman–Crippen LogP) is 3.33. The van der Waals surface area contributed by atoms with Crippen LogP contribution in [-0.2, 0) is 11.2 Å². The Balaban J connectivity index is 1.91. The standard InChI is InChI=1S/C17H27NO/c1-3-18-17(16-10-12-19-13-11-16)9-8-15-7-5-4-6-14(15)2/h4-7,16-18H,3,8-13H2,1-2H3. The highest BCUT2D eigenvalue weighted by molar-refractivity contribution is 5.25. The van der Waals surface area contributed by atoms with E-state index in [0.717, 1.165) is 25.7 Å². The minimum absolute atomic E-state index is 0.647. The second kappa shape index (κ2) is 7.66. The summed E-state index contributed by atoms with van der Waals surface area (Å²) in [7, 11) is 0. The Kier molecular flexibility index (Phi) is 5.87. The topological polar surface area (TPSA) is 21.3 Å². The summed E-state index contributed by atoms with van der Waals surface area (Å²) in [6.07, 6.45) is 4.85. The fourth-order valence-electron chi connectivity index (χ4n) is 3.09. The van der Waals surface area contributed by atoms with E-state index in [4.69, 9.17) is 4.74 Å². The highest BCUT2D eigenvalue weighted by atomic mass is 16.5. The van der Waals surface area contributed by atoms with Gasteiger partial charge < -0.3 is 10.1 Å². The molecule has 2 rings (SSSR count). The monoisotopic (exact) mass is 261 g/mol. The predicted molar refractivity (Wildman–Crippen MR) is 80.5 cm³/mol. The summed E-state index contributed by atoms with van der Waals surface area (Å²) in [4.78, 5) is 0. The molecular formula is C17H27NO. The Hall–Kier alpha value is -0.860. The second-order valence-corrected chi connectivity index (χ2v) is 5.58. The number of hydrogen-bond acceptors (Lipinski definition) is 2. The Morgan fingerprint density at radius 2 is 2.00 bits per heavy atom. The molecule has 1 aliphatic rings. The van der Waals surface area contributed by atoms with E-state index in [2.05, 4.69) is 43.4 Å². The summed E-state index contributed by atoms with van der Waals surface area (Å²) >= 11 is 0. The van der Waals surface area contributed by atoms with Crippen LogP contribution in [0, 0.1) is 12.8 Å². The summed E-state index contributed by atoms with van der Waals surface area (Å²) in [5.74, 6) is 0.790. The third-order valence-corrected chi connectivity index (χ3v) is 4.29. The summed E-state index contributed by atoms with van der Waals surface area (Å²) in [5.41, 5.74) is 2.92. The highest BCUT2D eigenvalue weighted by Crippen LogP contribution is 2.22. The number of rotatable bonds is 6. The first kappa shape index (κ1) is 14.5. The van der Waals surface area contributed by atoms with Crippen LogP contribution in [0.15, 0.2) is 24.3 Å². The summed E-state index contributed by atoms with van der Waals surface area (Å²) in [5, 5.41) is 3.69. The maximum absolute atomic E-state index is 5.48. The van der Waals surface area contributed by atoms with Crippen molar-refractivity contribution in [3.8, 4) is 0 Å². The summed E-state index contributed by atoms with van der Waals surface area (Å²) in [6.45, 7) is 7.37. The smallest absolute Gasteiger partial charge is 0.0469 e. The molecule has 0 aromatic heterocycles. The van der Waals surface area contributed by atoms with Crippen molar-refractivity contribution in [3.63, 3.8) is 0 Å². The normalized spacial score (nSPS) is 18.4. The molecule has 0 bridgehead atoms. The molecule has 106 valence electrons. The molecule has 1 aliphatic heterocycles. The molecule has 0 radical (unpaired) electrons. The lowest BCUT2D eigenvalue weighted by molar-refractivity contribution is 0.0528. The van der Waals surface area contributed by atoms with Gasteiger partial charge in [0, 0.05) is 19.3 Å². The van der Waals surface area contributed by atoms with Crippen LogP contribution >= 0.6 is 0 Å². The van der Waals surface area contributed by atoms with Crippen molar-refractivity contribution in [1.82, 2.24) is 5.32 Å². The van der Waals surface area contributed by atoms with E-state index in [-0.39, 0.29) is 0 Å². The summed E-state index contributed by atoms with van der Waals surface area (Å²) in [6, 6.07) is 9.40. The molecule has 2 nitrogen and oxygen atoms in total. The van der Waals surface area contributed by atoms with Gasteiger partial charge in [-0.05, 0) is 56.2 Å². The molecular weight excluding hydrogens is 234 g/mol. The molecule has 1 aromatic rings. The zero-order valence-electron chi connectivity index (χ0n) is 12.3. The van der Waals surface area contributed by atoms with Crippen LogP contribution in [0.3, 0.4) is 0 Å². The molecule has 1 saturated heterocycles. The molecule has 0 saturated carbocycles. The average molecular weight is 261 g/mol.